The van der Waals surface area contributed by atoms with E-state index in [0.717, 1.165) is 45.6 Å². The van der Waals surface area contributed by atoms with Crippen molar-refractivity contribution in [2.45, 2.75) is 45.2 Å². The number of aromatic nitrogens is 1. The van der Waals surface area contributed by atoms with Gasteiger partial charge in [-0.3, -0.25) is 14.7 Å². The van der Waals surface area contributed by atoms with Crippen molar-refractivity contribution in [2.75, 3.05) is 33.4 Å². The van der Waals surface area contributed by atoms with Gasteiger partial charge in [-0.2, -0.15) is 0 Å². The quantitative estimate of drug-likeness (QED) is 0.831. The molecule has 3 rings (SSSR count). The van der Waals surface area contributed by atoms with Crippen molar-refractivity contribution in [3.63, 3.8) is 0 Å². The Morgan fingerprint density at radius 2 is 2.21 bits per heavy atom. The molecule has 2 fully saturated rings. The highest BCUT2D eigenvalue weighted by molar-refractivity contribution is 5.75. The molecule has 1 aromatic rings. The fourth-order valence-corrected chi connectivity index (χ4v) is 4.34. The number of nitrogens with zero attached hydrogens (tertiary/aromatic N) is 3. The summed E-state index contributed by atoms with van der Waals surface area (Å²) in [6.07, 6.45) is 7.80. The Balaban J connectivity index is 1.65. The zero-order chi connectivity index (χ0) is 17.0. The van der Waals surface area contributed by atoms with Crippen LogP contribution in [0.15, 0.2) is 24.5 Å². The summed E-state index contributed by atoms with van der Waals surface area (Å²) in [5.74, 6) is 0.295. The first-order chi connectivity index (χ1) is 11.7. The molecule has 1 amide bonds. The molecule has 2 aliphatic heterocycles. The Morgan fingerprint density at radius 1 is 1.42 bits per heavy atom. The van der Waals surface area contributed by atoms with Crippen LogP contribution in [0.4, 0.5) is 0 Å². The summed E-state index contributed by atoms with van der Waals surface area (Å²) in [6.45, 7) is 6.58. The maximum Gasteiger partial charge on any atom is 0.222 e. The first-order valence-corrected chi connectivity index (χ1v) is 9.05. The van der Waals surface area contributed by atoms with Crippen LogP contribution < -0.4 is 0 Å². The summed E-state index contributed by atoms with van der Waals surface area (Å²) >= 11 is 0. The summed E-state index contributed by atoms with van der Waals surface area (Å²) in [7, 11) is 1.79. The number of hydrogen-bond donors (Lipinski definition) is 0. The van der Waals surface area contributed by atoms with E-state index in [1.807, 2.05) is 30.3 Å². The van der Waals surface area contributed by atoms with Gasteiger partial charge in [0, 0.05) is 58.1 Å². The molecule has 1 atom stereocenters. The summed E-state index contributed by atoms with van der Waals surface area (Å²) in [6, 6.07) is 4.61. The van der Waals surface area contributed by atoms with Crippen LogP contribution in [0, 0.1) is 5.41 Å². The van der Waals surface area contributed by atoms with Crippen LogP contribution >= 0.6 is 0 Å². The average molecular weight is 331 g/mol. The number of piperidine rings is 1. The Kier molecular flexibility index (Phi) is 5.51. The summed E-state index contributed by atoms with van der Waals surface area (Å²) < 4.78 is 5.48. The van der Waals surface area contributed by atoms with Crippen LogP contribution in [0.2, 0.25) is 0 Å². The van der Waals surface area contributed by atoms with E-state index < -0.39 is 0 Å². The number of carbonyl (C=O) groups is 1. The molecular formula is C19H29N3O2. The van der Waals surface area contributed by atoms with Crippen LogP contribution in [0.25, 0.3) is 0 Å². The van der Waals surface area contributed by atoms with Gasteiger partial charge in [0.1, 0.15) is 0 Å². The number of pyridine rings is 1. The van der Waals surface area contributed by atoms with Crippen LogP contribution in [-0.4, -0.2) is 60.1 Å². The fourth-order valence-electron chi connectivity index (χ4n) is 4.34. The number of rotatable bonds is 5. The molecule has 5 heteroatoms. The predicted octanol–water partition coefficient (Wildman–Crippen LogP) is 2.32. The number of carbonyl (C=O) groups excluding carboxylic acids is 1. The highest BCUT2D eigenvalue weighted by Gasteiger charge is 2.45. The van der Waals surface area contributed by atoms with Crippen molar-refractivity contribution >= 4 is 5.91 Å². The lowest BCUT2D eigenvalue weighted by atomic mass is 9.76. The normalized spacial score (nSPS) is 23.8. The highest BCUT2D eigenvalue weighted by Crippen LogP contribution is 2.44. The smallest absolute Gasteiger partial charge is 0.222 e. The van der Waals surface area contributed by atoms with E-state index in [1.165, 1.54) is 12.0 Å². The Labute approximate surface area is 145 Å². The molecule has 2 aliphatic rings. The van der Waals surface area contributed by atoms with E-state index in [1.54, 1.807) is 7.11 Å². The van der Waals surface area contributed by atoms with Gasteiger partial charge < -0.3 is 9.64 Å². The molecule has 24 heavy (non-hydrogen) atoms. The molecule has 0 unspecified atom stereocenters. The maximum atomic E-state index is 11.9. The van der Waals surface area contributed by atoms with Crippen molar-refractivity contribution in [3.05, 3.63) is 30.1 Å². The third-order valence-corrected chi connectivity index (χ3v) is 5.67. The van der Waals surface area contributed by atoms with E-state index in [-0.39, 0.29) is 0 Å². The van der Waals surface area contributed by atoms with Crippen molar-refractivity contribution in [2.24, 2.45) is 5.41 Å². The molecule has 0 radical (unpaired) electrons. The number of hydrogen-bond acceptors (Lipinski definition) is 4. The van der Waals surface area contributed by atoms with Crippen molar-refractivity contribution in [3.8, 4) is 0 Å². The lowest BCUT2D eigenvalue weighted by Crippen LogP contribution is -2.44. The van der Waals surface area contributed by atoms with Crippen molar-refractivity contribution in [1.29, 1.82) is 0 Å². The molecule has 0 aromatic carbocycles. The molecule has 1 spiro atoms. The molecule has 0 saturated carbocycles. The molecule has 0 N–H and O–H groups in total. The van der Waals surface area contributed by atoms with Gasteiger partial charge in [0.15, 0.2) is 0 Å². The summed E-state index contributed by atoms with van der Waals surface area (Å²) in [5.41, 5.74) is 1.60. The molecule has 3 heterocycles. The number of likely N-dealkylation sites (tertiary alicyclic amines) is 2. The largest absolute Gasteiger partial charge is 0.383 e. The van der Waals surface area contributed by atoms with Gasteiger partial charge in [-0.15, -0.1) is 0 Å². The summed E-state index contributed by atoms with van der Waals surface area (Å²) in [4.78, 5) is 20.8. The number of ether oxygens (including phenoxy) is 1. The van der Waals surface area contributed by atoms with Crippen molar-refractivity contribution in [1.82, 2.24) is 14.8 Å². The standard InChI is InChI=1S/C19H29N3O2/c1-3-18(23)21-9-6-19(7-10-21)11-17(14-24-2)22(15-19)13-16-5-4-8-20-12-16/h4-5,8,12,17H,3,6-7,9-11,13-15H2,1-2H3/t17-/m1/s1. The molecule has 1 aromatic heterocycles. The minimum atomic E-state index is 0.295. The minimum Gasteiger partial charge on any atom is -0.383 e. The maximum absolute atomic E-state index is 11.9. The minimum absolute atomic E-state index is 0.295. The van der Waals surface area contributed by atoms with Gasteiger partial charge in [0.25, 0.3) is 0 Å². The molecule has 132 valence electrons. The van der Waals surface area contributed by atoms with Crippen LogP contribution in [0.3, 0.4) is 0 Å². The van der Waals surface area contributed by atoms with Gasteiger partial charge >= 0.3 is 0 Å². The third-order valence-electron chi connectivity index (χ3n) is 5.67. The first-order valence-electron chi connectivity index (χ1n) is 9.05. The van der Waals surface area contributed by atoms with Gasteiger partial charge in [0.05, 0.1) is 6.61 Å². The number of amides is 1. The van der Waals surface area contributed by atoms with Crippen molar-refractivity contribution < 1.29 is 9.53 Å². The van der Waals surface area contributed by atoms with E-state index >= 15 is 0 Å². The van der Waals surface area contributed by atoms with E-state index in [2.05, 4.69) is 16.0 Å². The lowest BCUT2D eigenvalue weighted by molar-refractivity contribution is -0.133. The molecule has 2 saturated heterocycles. The molecule has 0 aliphatic carbocycles. The Bertz CT molecular complexity index is 541. The molecule has 0 bridgehead atoms. The van der Waals surface area contributed by atoms with Crippen LogP contribution in [0.1, 0.15) is 38.2 Å². The van der Waals surface area contributed by atoms with Gasteiger partial charge in [-0.05, 0) is 36.3 Å². The second kappa shape index (κ2) is 7.62. The lowest BCUT2D eigenvalue weighted by Gasteiger charge is -2.39. The van der Waals surface area contributed by atoms with Gasteiger partial charge in [-0.1, -0.05) is 13.0 Å². The summed E-state index contributed by atoms with van der Waals surface area (Å²) in [5, 5.41) is 0. The second-order valence-corrected chi connectivity index (χ2v) is 7.31. The zero-order valence-corrected chi connectivity index (χ0v) is 14.9. The SMILES string of the molecule is CCC(=O)N1CCC2(CC1)C[C@H](COC)N(Cc1cccnc1)C2. The van der Waals surface area contributed by atoms with Crippen LogP contribution in [0.5, 0.6) is 0 Å². The molecular weight excluding hydrogens is 302 g/mol. The topological polar surface area (TPSA) is 45.7 Å². The highest BCUT2D eigenvalue weighted by atomic mass is 16.5. The molecule has 5 nitrogen and oxygen atoms in total. The predicted molar refractivity (Wildman–Crippen MR) is 93.5 cm³/mol. The average Bonchev–Trinajstić information content (AvgIpc) is 2.93. The second-order valence-electron chi connectivity index (χ2n) is 7.31. The Hall–Kier alpha value is -1.46. The third kappa shape index (κ3) is 3.78. The first kappa shape index (κ1) is 17.4. The van der Waals surface area contributed by atoms with E-state index in [4.69, 9.17) is 4.74 Å². The fraction of sp³-hybridized carbons (Fsp3) is 0.684. The monoisotopic (exact) mass is 331 g/mol. The van der Waals surface area contributed by atoms with E-state index in [9.17, 15) is 4.79 Å². The van der Waals surface area contributed by atoms with Gasteiger partial charge in [-0.25, -0.2) is 0 Å². The number of methoxy groups -OCH3 is 1. The van der Waals surface area contributed by atoms with E-state index in [0.29, 0.717) is 23.8 Å². The zero-order valence-electron chi connectivity index (χ0n) is 14.9. The Morgan fingerprint density at radius 3 is 2.83 bits per heavy atom. The van der Waals surface area contributed by atoms with Gasteiger partial charge in [0.2, 0.25) is 5.91 Å². The van der Waals surface area contributed by atoms with Crippen LogP contribution in [-0.2, 0) is 16.1 Å².